The molecule has 2 aromatic carbocycles. The largest absolute Gasteiger partial charge is 0.573 e. The number of rotatable bonds is 3. The van der Waals surface area contributed by atoms with E-state index in [1.807, 2.05) is 31.2 Å². The molecule has 6 heteroatoms. The van der Waals surface area contributed by atoms with Crippen LogP contribution in [0.5, 0.6) is 5.75 Å². The summed E-state index contributed by atoms with van der Waals surface area (Å²) < 4.78 is 41.3. The Hall–Kier alpha value is -1.91. The maximum Gasteiger partial charge on any atom is 0.573 e. The van der Waals surface area contributed by atoms with Gasteiger partial charge in [-0.25, -0.2) is 0 Å². The van der Waals surface area contributed by atoms with Crippen molar-refractivity contribution in [3.63, 3.8) is 0 Å². The predicted octanol–water partition coefficient (Wildman–Crippen LogP) is 7.29. The van der Waals surface area contributed by atoms with Crippen LogP contribution in [0.4, 0.5) is 13.2 Å². The number of hydrogen-bond acceptors (Lipinski definition) is 1. The lowest BCUT2D eigenvalue weighted by Gasteiger charge is -2.21. The molecule has 1 aliphatic carbocycles. The van der Waals surface area contributed by atoms with Gasteiger partial charge in [-0.2, -0.15) is 0 Å². The Balaban J connectivity index is 1.97. The lowest BCUT2D eigenvalue weighted by molar-refractivity contribution is -0.274. The molecule has 0 aromatic heterocycles. The van der Waals surface area contributed by atoms with E-state index in [2.05, 4.69) is 4.74 Å². The summed E-state index contributed by atoms with van der Waals surface area (Å²) in [6.45, 7) is 2.00. The Morgan fingerprint density at radius 1 is 0.846 bits per heavy atom. The van der Waals surface area contributed by atoms with E-state index in [-0.39, 0.29) is 5.75 Å². The third kappa shape index (κ3) is 4.25. The second kappa shape index (κ2) is 7.37. The second-order valence-electron chi connectivity index (χ2n) is 6.03. The van der Waals surface area contributed by atoms with Gasteiger partial charge in [0.25, 0.3) is 0 Å². The van der Waals surface area contributed by atoms with Gasteiger partial charge < -0.3 is 4.74 Å². The number of hydrogen-bond donors (Lipinski definition) is 0. The van der Waals surface area contributed by atoms with Crippen molar-refractivity contribution in [2.45, 2.75) is 26.1 Å². The Morgan fingerprint density at radius 2 is 1.42 bits per heavy atom. The quantitative estimate of drug-likeness (QED) is 0.527. The van der Waals surface area contributed by atoms with E-state index in [0.717, 1.165) is 16.7 Å². The molecule has 26 heavy (non-hydrogen) atoms. The Morgan fingerprint density at radius 3 is 2.00 bits per heavy atom. The van der Waals surface area contributed by atoms with Crippen molar-refractivity contribution in [1.29, 1.82) is 0 Å². The smallest absolute Gasteiger partial charge is 0.406 e. The van der Waals surface area contributed by atoms with E-state index in [1.165, 1.54) is 18.2 Å². The van der Waals surface area contributed by atoms with Crippen molar-refractivity contribution >= 4 is 34.3 Å². The van der Waals surface area contributed by atoms with Gasteiger partial charge in [0.15, 0.2) is 0 Å². The summed E-state index contributed by atoms with van der Waals surface area (Å²) in [5, 5.41) is 0.788. The number of alkyl halides is 3. The van der Waals surface area contributed by atoms with Crippen LogP contribution in [0.25, 0.3) is 11.1 Å². The van der Waals surface area contributed by atoms with Gasteiger partial charge in [-0.05, 0) is 54.2 Å². The van der Waals surface area contributed by atoms with Crippen LogP contribution in [-0.4, -0.2) is 6.36 Å². The minimum Gasteiger partial charge on any atom is -0.406 e. The standard InChI is InChI=1S/C20H15Cl2F3O/c1-12-5-7-13(8-6-12)16-9-10-17(19(22)18(16)21)14-3-2-4-15(11-14)26-20(23,24)25/h2-8,11H,9-10H2,1H3. The minimum absolute atomic E-state index is 0.281. The summed E-state index contributed by atoms with van der Waals surface area (Å²) in [4.78, 5) is 0. The first-order chi connectivity index (χ1) is 12.2. The fraction of sp³-hybridized carbons (Fsp3) is 0.200. The van der Waals surface area contributed by atoms with Crippen molar-refractivity contribution in [2.75, 3.05) is 0 Å². The predicted molar refractivity (Wildman–Crippen MR) is 99.1 cm³/mol. The highest BCUT2D eigenvalue weighted by molar-refractivity contribution is 6.48. The fourth-order valence-corrected chi connectivity index (χ4v) is 3.55. The van der Waals surface area contributed by atoms with Crippen LogP contribution < -0.4 is 4.74 Å². The van der Waals surface area contributed by atoms with E-state index in [4.69, 9.17) is 23.2 Å². The zero-order valence-corrected chi connectivity index (χ0v) is 15.3. The first-order valence-corrected chi connectivity index (χ1v) is 8.71. The fourth-order valence-electron chi connectivity index (χ4n) is 2.91. The number of allylic oxidation sites excluding steroid dienone is 4. The molecular formula is C20H15Cl2F3O. The summed E-state index contributed by atoms with van der Waals surface area (Å²) in [5.41, 5.74) is 4.35. The van der Waals surface area contributed by atoms with Gasteiger partial charge >= 0.3 is 6.36 Å². The summed E-state index contributed by atoms with van der Waals surface area (Å²) in [7, 11) is 0. The van der Waals surface area contributed by atoms with Gasteiger partial charge in [0, 0.05) is 0 Å². The summed E-state index contributed by atoms with van der Waals surface area (Å²) in [5.74, 6) is -0.281. The summed E-state index contributed by atoms with van der Waals surface area (Å²) >= 11 is 12.9. The van der Waals surface area contributed by atoms with Gasteiger partial charge in [0.2, 0.25) is 0 Å². The van der Waals surface area contributed by atoms with Crippen molar-refractivity contribution in [3.8, 4) is 5.75 Å². The molecule has 2 aromatic rings. The maximum absolute atomic E-state index is 12.4. The maximum atomic E-state index is 12.4. The first-order valence-electron chi connectivity index (χ1n) is 7.95. The average Bonchev–Trinajstić information content (AvgIpc) is 2.57. The second-order valence-corrected chi connectivity index (χ2v) is 6.78. The molecule has 136 valence electrons. The van der Waals surface area contributed by atoms with Crippen molar-refractivity contribution in [2.24, 2.45) is 0 Å². The molecule has 0 fully saturated rings. The Bertz CT molecular complexity index is 881. The number of aryl methyl sites for hydroxylation is 1. The molecule has 0 spiro atoms. The molecule has 0 radical (unpaired) electrons. The summed E-state index contributed by atoms with van der Waals surface area (Å²) in [6.07, 6.45) is -3.51. The van der Waals surface area contributed by atoms with Crippen LogP contribution in [0, 0.1) is 6.92 Å². The summed E-state index contributed by atoms with van der Waals surface area (Å²) in [6, 6.07) is 13.7. The molecule has 0 saturated heterocycles. The number of halogens is 5. The molecule has 0 atom stereocenters. The molecule has 0 aliphatic heterocycles. The minimum atomic E-state index is -4.74. The zero-order chi connectivity index (χ0) is 18.9. The highest BCUT2D eigenvalue weighted by Gasteiger charge is 2.31. The number of benzene rings is 2. The lowest BCUT2D eigenvalue weighted by atomic mass is 9.89. The van der Waals surface area contributed by atoms with Crippen LogP contribution in [0.1, 0.15) is 29.5 Å². The van der Waals surface area contributed by atoms with E-state index < -0.39 is 6.36 Å². The molecular weight excluding hydrogens is 384 g/mol. The molecule has 3 rings (SSSR count). The molecule has 0 unspecified atom stereocenters. The highest BCUT2D eigenvalue weighted by Crippen LogP contribution is 2.44. The average molecular weight is 399 g/mol. The lowest BCUT2D eigenvalue weighted by Crippen LogP contribution is -2.17. The van der Waals surface area contributed by atoms with Crippen molar-refractivity contribution < 1.29 is 17.9 Å². The molecule has 0 heterocycles. The van der Waals surface area contributed by atoms with Gasteiger partial charge in [0.05, 0.1) is 10.1 Å². The van der Waals surface area contributed by atoms with Gasteiger partial charge in [-0.3, -0.25) is 0 Å². The normalized spacial score (nSPS) is 15.5. The van der Waals surface area contributed by atoms with Crippen molar-refractivity contribution in [1.82, 2.24) is 0 Å². The Labute approximate surface area is 159 Å². The van der Waals surface area contributed by atoms with Crippen LogP contribution in [0.3, 0.4) is 0 Å². The van der Waals surface area contributed by atoms with Gasteiger partial charge in [-0.15, -0.1) is 13.2 Å². The molecule has 0 bridgehead atoms. The number of ether oxygens (including phenoxy) is 1. The molecule has 0 amide bonds. The van der Waals surface area contributed by atoms with E-state index in [0.29, 0.717) is 34.0 Å². The van der Waals surface area contributed by atoms with Crippen LogP contribution in [-0.2, 0) is 0 Å². The van der Waals surface area contributed by atoms with Gasteiger partial charge in [0.1, 0.15) is 5.75 Å². The Kier molecular flexibility index (Phi) is 5.35. The van der Waals surface area contributed by atoms with Crippen LogP contribution in [0.15, 0.2) is 58.6 Å². The van der Waals surface area contributed by atoms with Crippen LogP contribution >= 0.6 is 23.2 Å². The first kappa shape index (κ1) is 18.9. The molecule has 1 nitrogen and oxygen atoms in total. The molecule has 0 N–H and O–H groups in total. The third-order valence-corrected chi connectivity index (χ3v) is 5.09. The van der Waals surface area contributed by atoms with Gasteiger partial charge in [-0.1, -0.05) is 65.2 Å². The van der Waals surface area contributed by atoms with E-state index in [9.17, 15) is 13.2 Å². The third-order valence-electron chi connectivity index (χ3n) is 4.16. The monoisotopic (exact) mass is 398 g/mol. The van der Waals surface area contributed by atoms with Crippen molar-refractivity contribution in [3.05, 3.63) is 75.3 Å². The highest BCUT2D eigenvalue weighted by atomic mass is 35.5. The molecule has 0 saturated carbocycles. The zero-order valence-electron chi connectivity index (χ0n) is 13.8. The van der Waals surface area contributed by atoms with Crippen LogP contribution in [0.2, 0.25) is 0 Å². The topological polar surface area (TPSA) is 9.23 Å². The van der Waals surface area contributed by atoms with E-state index in [1.54, 1.807) is 6.07 Å². The SMILES string of the molecule is Cc1ccc(C2=C(Cl)C(Cl)=C(c3cccc(OC(F)(F)F)c3)CC2)cc1. The molecule has 1 aliphatic rings. The van der Waals surface area contributed by atoms with E-state index >= 15 is 0 Å².